The predicted octanol–water partition coefficient (Wildman–Crippen LogP) is 2.41. The number of carbonyl (C=O) groups is 1. The molecule has 0 bridgehead atoms. The van der Waals surface area contributed by atoms with Gasteiger partial charge in [0.25, 0.3) is 5.69 Å². The number of ketones is 1. The summed E-state index contributed by atoms with van der Waals surface area (Å²) in [6, 6.07) is 13.1. The van der Waals surface area contributed by atoms with Gasteiger partial charge in [0.15, 0.2) is 5.78 Å². The third-order valence-corrected chi connectivity index (χ3v) is 4.49. The van der Waals surface area contributed by atoms with Gasteiger partial charge in [-0.2, -0.15) is 0 Å². The topological polar surface area (TPSA) is 92.9 Å². The fourth-order valence-electron chi connectivity index (χ4n) is 3.07. The Bertz CT molecular complexity index is 809. The molecule has 1 heterocycles. The molecule has 0 saturated carbocycles. The van der Waals surface area contributed by atoms with E-state index in [0.29, 0.717) is 24.4 Å². The highest BCUT2D eigenvalue weighted by molar-refractivity contribution is 6.09. The van der Waals surface area contributed by atoms with Crippen molar-refractivity contribution in [2.75, 3.05) is 24.7 Å². The lowest BCUT2D eigenvalue weighted by molar-refractivity contribution is -0.384. The molecule has 0 aliphatic carbocycles. The van der Waals surface area contributed by atoms with Gasteiger partial charge in [0.2, 0.25) is 0 Å². The second-order valence-electron chi connectivity index (χ2n) is 6.30. The Balaban J connectivity index is 1.97. The van der Waals surface area contributed by atoms with E-state index >= 15 is 0 Å². The van der Waals surface area contributed by atoms with Crippen LogP contribution in [0.25, 0.3) is 0 Å². The standard InChI is InChI=1S/C19H20N2O5/c1-13-12-26-16(11-22)10-20(13)17-8-7-15(9-18(17)21(24)25)19(23)14-5-3-2-4-6-14/h2-9,13,16,22H,10-12H2,1H3/t13-,16-/m0/s1. The molecule has 26 heavy (non-hydrogen) atoms. The van der Waals surface area contributed by atoms with Crippen LogP contribution in [0.5, 0.6) is 0 Å². The van der Waals surface area contributed by atoms with Crippen molar-refractivity contribution in [2.45, 2.75) is 19.1 Å². The van der Waals surface area contributed by atoms with Gasteiger partial charge in [-0.05, 0) is 19.1 Å². The normalized spacial score (nSPS) is 20.0. The molecule has 0 amide bonds. The lowest BCUT2D eigenvalue weighted by Gasteiger charge is -2.38. The Morgan fingerprint density at radius 1 is 1.27 bits per heavy atom. The molecule has 0 radical (unpaired) electrons. The molecule has 1 aliphatic heterocycles. The number of benzene rings is 2. The van der Waals surface area contributed by atoms with E-state index in [2.05, 4.69) is 0 Å². The van der Waals surface area contributed by atoms with Crippen LogP contribution in [0.1, 0.15) is 22.8 Å². The molecule has 1 saturated heterocycles. The zero-order valence-electron chi connectivity index (χ0n) is 14.4. The zero-order valence-corrected chi connectivity index (χ0v) is 14.4. The van der Waals surface area contributed by atoms with E-state index in [1.165, 1.54) is 6.07 Å². The first-order valence-corrected chi connectivity index (χ1v) is 8.38. The lowest BCUT2D eigenvalue weighted by atomic mass is 10.0. The van der Waals surface area contributed by atoms with Gasteiger partial charge in [-0.3, -0.25) is 14.9 Å². The minimum atomic E-state index is -0.479. The molecular weight excluding hydrogens is 336 g/mol. The Kier molecular flexibility index (Phi) is 5.29. The number of rotatable bonds is 5. The van der Waals surface area contributed by atoms with Crippen LogP contribution in [0, 0.1) is 10.1 Å². The number of nitrogens with zero attached hydrogens (tertiary/aromatic N) is 2. The van der Waals surface area contributed by atoms with Crippen molar-refractivity contribution in [3.63, 3.8) is 0 Å². The molecular formula is C19H20N2O5. The summed E-state index contributed by atoms with van der Waals surface area (Å²) < 4.78 is 5.50. The van der Waals surface area contributed by atoms with Crippen LogP contribution < -0.4 is 4.90 Å². The van der Waals surface area contributed by atoms with Gasteiger partial charge in [0, 0.05) is 29.8 Å². The molecule has 1 N–H and O–H groups in total. The first-order chi connectivity index (χ1) is 12.5. The van der Waals surface area contributed by atoms with Crippen molar-refractivity contribution in [1.82, 2.24) is 0 Å². The van der Waals surface area contributed by atoms with Crippen molar-refractivity contribution >= 4 is 17.2 Å². The fraction of sp³-hybridized carbons (Fsp3) is 0.316. The fourth-order valence-corrected chi connectivity index (χ4v) is 3.07. The van der Waals surface area contributed by atoms with Gasteiger partial charge in [-0.1, -0.05) is 30.3 Å². The first-order valence-electron chi connectivity index (χ1n) is 8.38. The summed E-state index contributed by atoms with van der Waals surface area (Å²) in [4.78, 5) is 25.6. The van der Waals surface area contributed by atoms with Gasteiger partial charge in [0.05, 0.1) is 24.2 Å². The lowest BCUT2D eigenvalue weighted by Crippen LogP contribution is -2.49. The van der Waals surface area contributed by atoms with Gasteiger partial charge in [-0.15, -0.1) is 0 Å². The molecule has 1 aliphatic rings. The summed E-state index contributed by atoms with van der Waals surface area (Å²) in [7, 11) is 0. The van der Waals surface area contributed by atoms with E-state index in [1.807, 2.05) is 11.8 Å². The molecule has 2 aromatic rings. The molecule has 7 nitrogen and oxygen atoms in total. The average Bonchev–Trinajstić information content (AvgIpc) is 2.68. The van der Waals surface area contributed by atoms with E-state index in [9.17, 15) is 20.0 Å². The van der Waals surface area contributed by atoms with Gasteiger partial charge < -0.3 is 14.7 Å². The number of aliphatic hydroxyl groups is 1. The van der Waals surface area contributed by atoms with Crippen LogP contribution in [0.15, 0.2) is 48.5 Å². The largest absolute Gasteiger partial charge is 0.394 e. The molecule has 2 aromatic carbocycles. The minimum Gasteiger partial charge on any atom is -0.394 e. The predicted molar refractivity (Wildman–Crippen MR) is 96.6 cm³/mol. The Morgan fingerprint density at radius 3 is 2.65 bits per heavy atom. The number of morpholine rings is 1. The number of nitro benzene ring substituents is 1. The van der Waals surface area contributed by atoms with Crippen LogP contribution in [0.4, 0.5) is 11.4 Å². The third kappa shape index (κ3) is 3.58. The highest BCUT2D eigenvalue weighted by Gasteiger charge is 2.31. The van der Waals surface area contributed by atoms with Crippen LogP contribution in [-0.4, -0.2) is 47.7 Å². The smallest absolute Gasteiger partial charge is 0.293 e. The summed E-state index contributed by atoms with van der Waals surface area (Å²) in [6.07, 6.45) is -0.392. The molecule has 0 aromatic heterocycles. The second kappa shape index (κ2) is 7.63. The quantitative estimate of drug-likeness (QED) is 0.502. The third-order valence-electron chi connectivity index (χ3n) is 4.49. The second-order valence-corrected chi connectivity index (χ2v) is 6.30. The molecule has 0 unspecified atom stereocenters. The Hall–Kier alpha value is -2.77. The summed E-state index contributed by atoms with van der Waals surface area (Å²) in [5, 5.41) is 21.0. The maximum Gasteiger partial charge on any atom is 0.293 e. The van der Waals surface area contributed by atoms with Gasteiger partial charge in [-0.25, -0.2) is 0 Å². The van der Waals surface area contributed by atoms with Gasteiger partial charge >= 0.3 is 0 Å². The number of anilines is 1. The molecule has 7 heteroatoms. The van der Waals surface area contributed by atoms with Crippen molar-refractivity contribution < 1.29 is 19.6 Å². The Morgan fingerprint density at radius 2 is 2.00 bits per heavy atom. The number of nitro groups is 1. The van der Waals surface area contributed by atoms with Crippen molar-refractivity contribution in [3.05, 3.63) is 69.8 Å². The average molecular weight is 356 g/mol. The van der Waals surface area contributed by atoms with Crippen LogP contribution in [-0.2, 0) is 4.74 Å². The summed E-state index contributed by atoms with van der Waals surface area (Å²) >= 11 is 0. The maximum absolute atomic E-state index is 12.6. The number of aliphatic hydroxyl groups excluding tert-OH is 1. The highest BCUT2D eigenvalue weighted by atomic mass is 16.6. The maximum atomic E-state index is 12.6. The van der Waals surface area contributed by atoms with E-state index in [1.54, 1.807) is 42.5 Å². The first kappa shape index (κ1) is 18.0. The SMILES string of the molecule is C[C@H]1CO[C@H](CO)CN1c1ccc(C(=O)c2ccccc2)cc1[N+](=O)[O-]. The number of hydrogen-bond acceptors (Lipinski definition) is 6. The summed E-state index contributed by atoms with van der Waals surface area (Å²) in [6.45, 7) is 2.47. The van der Waals surface area contributed by atoms with E-state index in [-0.39, 0.29) is 29.7 Å². The van der Waals surface area contributed by atoms with Gasteiger partial charge in [0.1, 0.15) is 5.69 Å². The highest BCUT2D eigenvalue weighted by Crippen LogP contribution is 2.33. The summed E-state index contributed by atoms with van der Waals surface area (Å²) in [5.41, 5.74) is 1.05. The van der Waals surface area contributed by atoms with E-state index in [4.69, 9.17) is 4.74 Å². The van der Waals surface area contributed by atoms with Crippen LogP contribution in [0.3, 0.4) is 0 Å². The molecule has 3 rings (SSSR count). The number of carbonyl (C=O) groups excluding carboxylic acids is 1. The van der Waals surface area contributed by atoms with E-state index < -0.39 is 11.0 Å². The molecule has 0 spiro atoms. The summed E-state index contributed by atoms with van der Waals surface area (Å²) in [5.74, 6) is -0.261. The van der Waals surface area contributed by atoms with Crippen molar-refractivity contribution in [1.29, 1.82) is 0 Å². The number of ether oxygens (including phenoxy) is 1. The molecule has 1 fully saturated rings. The van der Waals surface area contributed by atoms with Crippen LogP contribution in [0.2, 0.25) is 0 Å². The molecule has 136 valence electrons. The van der Waals surface area contributed by atoms with Crippen LogP contribution >= 0.6 is 0 Å². The zero-order chi connectivity index (χ0) is 18.7. The van der Waals surface area contributed by atoms with Crippen molar-refractivity contribution in [2.24, 2.45) is 0 Å². The number of hydrogen-bond donors (Lipinski definition) is 1. The Labute approximate surface area is 151 Å². The monoisotopic (exact) mass is 356 g/mol. The minimum absolute atomic E-state index is 0.0767. The van der Waals surface area contributed by atoms with Crippen molar-refractivity contribution in [3.8, 4) is 0 Å². The van der Waals surface area contributed by atoms with E-state index in [0.717, 1.165) is 0 Å². The molecule has 2 atom stereocenters.